The molecule has 0 aliphatic carbocycles. The highest BCUT2D eigenvalue weighted by Gasteiger charge is 2.35. The molecule has 0 aliphatic heterocycles. The van der Waals surface area contributed by atoms with Crippen molar-refractivity contribution in [3.05, 3.63) is 0 Å². The van der Waals surface area contributed by atoms with Gasteiger partial charge in [0.05, 0.1) is 5.92 Å². The van der Waals surface area contributed by atoms with Gasteiger partial charge >= 0.3 is 18.2 Å². The number of hydrogen-bond donors (Lipinski definition) is 2. The molecule has 2 N–H and O–H groups in total. The van der Waals surface area contributed by atoms with Crippen molar-refractivity contribution >= 4 is 12.0 Å². The summed E-state index contributed by atoms with van der Waals surface area (Å²) in [5.74, 6) is -2.01. The van der Waals surface area contributed by atoms with Gasteiger partial charge in [-0.1, -0.05) is 0 Å². The summed E-state index contributed by atoms with van der Waals surface area (Å²) in [6.07, 6.45) is -4.50. The Hall–Kier alpha value is -1.47. The van der Waals surface area contributed by atoms with E-state index in [1.807, 2.05) is 0 Å². The predicted octanol–water partition coefficient (Wildman–Crippen LogP) is 2.08. The lowest BCUT2D eigenvalue weighted by molar-refractivity contribution is -0.144. The van der Waals surface area contributed by atoms with Crippen LogP contribution in [0.25, 0.3) is 0 Å². The third kappa shape index (κ3) is 6.30. The molecule has 0 aromatic carbocycles. The van der Waals surface area contributed by atoms with Crippen molar-refractivity contribution in [3.8, 4) is 0 Å². The smallest absolute Gasteiger partial charge is 0.406 e. The Morgan fingerprint density at radius 1 is 1.21 bits per heavy atom. The first-order valence-electron chi connectivity index (χ1n) is 5.82. The van der Waals surface area contributed by atoms with Gasteiger partial charge in [-0.2, -0.15) is 13.2 Å². The van der Waals surface area contributed by atoms with Crippen molar-refractivity contribution in [2.75, 3.05) is 6.54 Å². The lowest BCUT2D eigenvalue weighted by Crippen LogP contribution is -2.52. The maximum Gasteiger partial charge on any atom is 0.406 e. The van der Waals surface area contributed by atoms with Gasteiger partial charge in [0.1, 0.15) is 6.54 Å². The number of amides is 2. The molecule has 0 heterocycles. The summed E-state index contributed by atoms with van der Waals surface area (Å²) in [6.45, 7) is 4.34. The first-order valence-corrected chi connectivity index (χ1v) is 5.82. The van der Waals surface area contributed by atoms with E-state index in [0.29, 0.717) is 4.90 Å². The summed E-state index contributed by atoms with van der Waals surface area (Å²) >= 11 is 0. The molecule has 0 aromatic heterocycles. The number of urea groups is 1. The topological polar surface area (TPSA) is 69.6 Å². The largest absolute Gasteiger partial charge is 0.481 e. The Morgan fingerprint density at radius 2 is 1.68 bits per heavy atom. The zero-order valence-corrected chi connectivity index (χ0v) is 11.3. The molecule has 112 valence electrons. The van der Waals surface area contributed by atoms with E-state index in [9.17, 15) is 22.8 Å². The molecule has 0 saturated heterocycles. The van der Waals surface area contributed by atoms with Crippen LogP contribution in [0.3, 0.4) is 0 Å². The number of aliphatic carboxylic acids is 1. The first kappa shape index (κ1) is 17.5. The second-order valence-electron chi connectivity index (χ2n) is 4.70. The van der Waals surface area contributed by atoms with Crippen LogP contribution < -0.4 is 5.32 Å². The summed E-state index contributed by atoms with van der Waals surface area (Å²) in [5.41, 5.74) is 0. The Labute approximate surface area is 109 Å². The number of nitrogens with one attached hydrogen (secondary N) is 1. The first-order chi connectivity index (χ1) is 8.45. The minimum Gasteiger partial charge on any atom is -0.481 e. The molecule has 2 atom stereocenters. The van der Waals surface area contributed by atoms with Crippen LogP contribution in [0.4, 0.5) is 18.0 Å². The van der Waals surface area contributed by atoms with Crippen LogP contribution in [-0.4, -0.2) is 46.8 Å². The van der Waals surface area contributed by atoms with Gasteiger partial charge in [-0.15, -0.1) is 0 Å². The highest BCUT2D eigenvalue weighted by Crippen LogP contribution is 2.18. The molecule has 0 spiro atoms. The van der Waals surface area contributed by atoms with Gasteiger partial charge in [0.25, 0.3) is 0 Å². The zero-order chi connectivity index (χ0) is 15.4. The number of alkyl halides is 3. The van der Waals surface area contributed by atoms with Crippen molar-refractivity contribution in [1.82, 2.24) is 10.2 Å². The summed E-state index contributed by atoms with van der Waals surface area (Å²) in [7, 11) is 0. The number of hydrogen-bond acceptors (Lipinski definition) is 2. The van der Waals surface area contributed by atoms with E-state index in [2.05, 4.69) is 5.32 Å². The fourth-order valence-electron chi connectivity index (χ4n) is 1.30. The second-order valence-corrected chi connectivity index (χ2v) is 4.70. The predicted molar refractivity (Wildman–Crippen MR) is 62.7 cm³/mol. The van der Waals surface area contributed by atoms with Gasteiger partial charge in [0, 0.05) is 12.1 Å². The molecule has 0 fully saturated rings. The molecule has 19 heavy (non-hydrogen) atoms. The van der Waals surface area contributed by atoms with E-state index < -0.39 is 42.7 Å². The molecule has 0 aromatic rings. The zero-order valence-electron chi connectivity index (χ0n) is 11.3. The summed E-state index contributed by atoms with van der Waals surface area (Å²) < 4.78 is 37.0. The standard InChI is InChI=1S/C11H19F3N2O3/c1-6(2)16(5-11(12,13)14)10(19)15-8(4)7(3)9(17)18/h6-8H,5H2,1-4H3,(H,15,19)(H,17,18). The van der Waals surface area contributed by atoms with Crippen LogP contribution in [0, 0.1) is 5.92 Å². The van der Waals surface area contributed by atoms with Crippen LogP contribution in [-0.2, 0) is 4.79 Å². The van der Waals surface area contributed by atoms with E-state index in [1.165, 1.54) is 27.7 Å². The van der Waals surface area contributed by atoms with E-state index >= 15 is 0 Å². The normalized spacial score (nSPS) is 14.9. The highest BCUT2D eigenvalue weighted by atomic mass is 19.4. The van der Waals surface area contributed by atoms with Crippen molar-refractivity contribution in [3.63, 3.8) is 0 Å². The van der Waals surface area contributed by atoms with Gasteiger partial charge in [0.15, 0.2) is 0 Å². The van der Waals surface area contributed by atoms with E-state index in [1.54, 1.807) is 0 Å². The van der Waals surface area contributed by atoms with E-state index in [4.69, 9.17) is 5.11 Å². The quantitative estimate of drug-likeness (QED) is 0.812. The van der Waals surface area contributed by atoms with Crippen LogP contribution >= 0.6 is 0 Å². The van der Waals surface area contributed by atoms with Gasteiger partial charge in [0.2, 0.25) is 0 Å². The number of nitrogens with zero attached hydrogens (tertiary/aromatic N) is 1. The van der Waals surface area contributed by atoms with Crippen LogP contribution in [0.15, 0.2) is 0 Å². The molecule has 8 heteroatoms. The Bertz CT molecular complexity index is 332. The van der Waals surface area contributed by atoms with E-state index in [0.717, 1.165) is 0 Å². The fraction of sp³-hybridized carbons (Fsp3) is 0.818. The molecule has 0 bridgehead atoms. The lowest BCUT2D eigenvalue weighted by atomic mass is 10.0. The number of carbonyl (C=O) groups excluding carboxylic acids is 1. The molecule has 0 saturated carbocycles. The van der Waals surface area contributed by atoms with Crippen molar-refractivity contribution < 1.29 is 27.9 Å². The maximum absolute atomic E-state index is 12.3. The number of carboxylic acid groups (broad SMARTS) is 1. The third-order valence-corrected chi connectivity index (χ3v) is 2.72. The second kappa shape index (κ2) is 6.63. The minimum atomic E-state index is -4.50. The molecular formula is C11H19F3N2O3. The van der Waals surface area contributed by atoms with Gasteiger partial charge in [-0.3, -0.25) is 4.79 Å². The van der Waals surface area contributed by atoms with Crippen LogP contribution in [0.5, 0.6) is 0 Å². The number of carbonyl (C=O) groups is 2. The highest BCUT2D eigenvalue weighted by molar-refractivity contribution is 5.76. The minimum absolute atomic E-state index is 0.616. The van der Waals surface area contributed by atoms with Gasteiger partial charge in [-0.05, 0) is 27.7 Å². The molecule has 2 unspecified atom stereocenters. The Kier molecular flexibility index (Phi) is 6.11. The molecular weight excluding hydrogens is 265 g/mol. The van der Waals surface area contributed by atoms with Crippen LogP contribution in [0.2, 0.25) is 0 Å². The van der Waals surface area contributed by atoms with Crippen molar-refractivity contribution in [2.24, 2.45) is 5.92 Å². The molecule has 0 rings (SSSR count). The average Bonchev–Trinajstić information content (AvgIpc) is 2.22. The molecule has 0 aliphatic rings. The Balaban J connectivity index is 4.71. The van der Waals surface area contributed by atoms with Gasteiger partial charge < -0.3 is 15.3 Å². The molecule has 5 nitrogen and oxygen atoms in total. The third-order valence-electron chi connectivity index (χ3n) is 2.72. The number of rotatable bonds is 5. The summed E-state index contributed by atoms with van der Waals surface area (Å²) in [4.78, 5) is 23.0. The molecule has 2 amide bonds. The molecule has 0 radical (unpaired) electrons. The average molecular weight is 284 g/mol. The van der Waals surface area contributed by atoms with Crippen LogP contribution in [0.1, 0.15) is 27.7 Å². The van der Waals surface area contributed by atoms with E-state index in [-0.39, 0.29) is 0 Å². The summed E-state index contributed by atoms with van der Waals surface area (Å²) in [5, 5.41) is 11.0. The summed E-state index contributed by atoms with van der Waals surface area (Å²) in [6, 6.07) is -2.33. The lowest BCUT2D eigenvalue weighted by Gasteiger charge is -2.30. The van der Waals surface area contributed by atoms with Crippen molar-refractivity contribution in [2.45, 2.75) is 46.0 Å². The van der Waals surface area contributed by atoms with Gasteiger partial charge in [-0.25, -0.2) is 4.79 Å². The van der Waals surface area contributed by atoms with Crippen molar-refractivity contribution in [1.29, 1.82) is 0 Å². The SMILES string of the molecule is CC(NC(=O)N(CC(F)(F)F)C(C)C)C(C)C(=O)O. The fourth-order valence-corrected chi connectivity index (χ4v) is 1.30. The Morgan fingerprint density at radius 3 is 2.00 bits per heavy atom. The maximum atomic E-state index is 12.3. The number of carboxylic acids is 1. The monoisotopic (exact) mass is 284 g/mol. The number of halogens is 3.